The molecule has 25 heavy (non-hydrogen) atoms. The van der Waals surface area contributed by atoms with Crippen LogP contribution in [0.3, 0.4) is 0 Å². The highest BCUT2D eigenvalue weighted by atomic mass is 79.9. The van der Waals surface area contributed by atoms with Gasteiger partial charge in [0.05, 0.1) is 11.6 Å². The van der Waals surface area contributed by atoms with Gasteiger partial charge >= 0.3 is 6.18 Å². The van der Waals surface area contributed by atoms with Crippen LogP contribution in [0, 0.1) is 0 Å². The van der Waals surface area contributed by atoms with Gasteiger partial charge in [-0.1, -0.05) is 6.07 Å². The lowest BCUT2D eigenvalue weighted by molar-refractivity contribution is -0.137. The summed E-state index contributed by atoms with van der Waals surface area (Å²) in [5, 5.41) is 22.7. The molecule has 2 aliphatic heterocycles. The molecule has 8 heteroatoms. The van der Waals surface area contributed by atoms with Crippen molar-refractivity contribution in [2.75, 3.05) is 6.61 Å². The highest BCUT2D eigenvalue weighted by molar-refractivity contribution is 8.93. The van der Waals surface area contributed by atoms with Crippen molar-refractivity contribution in [2.45, 2.75) is 24.7 Å². The third-order valence-corrected chi connectivity index (χ3v) is 4.63. The van der Waals surface area contributed by atoms with E-state index in [1.807, 2.05) is 0 Å². The number of alkyl halides is 3. The van der Waals surface area contributed by atoms with Crippen LogP contribution in [-0.2, 0) is 12.7 Å². The van der Waals surface area contributed by atoms with E-state index in [4.69, 9.17) is 4.74 Å². The monoisotopic (exact) mass is 417 g/mol. The van der Waals surface area contributed by atoms with Crippen LogP contribution in [0.15, 0.2) is 30.3 Å². The molecule has 0 fully saturated rings. The second-order valence-corrected chi connectivity index (χ2v) is 6.07. The lowest BCUT2D eigenvalue weighted by Gasteiger charge is -2.39. The van der Waals surface area contributed by atoms with E-state index in [1.54, 1.807) is 0 Å². The van der Waals surface area contributed by atoms with Gasteiger partial charge in [-0.15, -0.1) is 17.0 Å². The smallest absolute Gasteiger partial charge is 0.416 e. The Morgan fingerprint density at radius 2 is 1.76 bits per heavy atom. The molecule has 0 radical (unpaired) electrons. The van der Waals surface area contributed by atoms with E-state index in [2.05, 4.69) is 5.32 Å². The first-order chi connectivity index (χ1) is 11.3. The van der Waals surface area contributed by atoms with Crippen molar-refractivity contribution < 1.29 is 28.1 Å². The number of hydrogen-bond donors (Lipinski definition) is 3. The molecule has 0 aromatic heterocycles. The average molecular weight is 418 g/mol. The Bertz CT molecular complexity index is 826. The van der Waals surface area contributed by atoms with Crippen LogP contribution in [0.2, 0.25) is 0 Å². The summed E-state index contributed by atoms with van der Waals surface area (Å²) < 4.78 is 44.8. The zero-order chi connectivity index (χ0) is 17.1. The number of ether oxygens (including phenoxy) is 1. The van der Waals surface area contributed by atoms with Gasteiger partial charge in [-0.2, -0.15) is 13.2 Å². The SMILES string of the molecule is Br.Oc1cc2c(cc1O)C1c3cc(C(F)(F)F)ccc3CNC1CO2. The van der Waals surface area contributed by atoms with E-state index in [0.717, 1.165) is 11.6 Å². The van der Waals surface area contributed by atoms with Gasteiger partial charge in [-0.25, -0.2) is 0 Å². The molecule has 2 aliphatic rings. The van der Waals surface area contributed by atoms with Gasteiger partial charge < -0.3 is 20.3 Å². The molecule has 2 heterocycles. The Kier molecular flexibility index (Phi) is 4.36. The standard InChI is InChI=1S/C17H14F3NO3.BrH/c18-17(19,20)9-2-1-8-6-21-12-7-24-15-5-14(23)13(22)4-11(15)16(12)10(8)3-9;/h1-5,12,16,21-23H,6-7H2;1H. The summed E-state index contributed by atoms with van der Waals surface area (Å²) in [5.74, 6) is -0.651. The zero-order valence-electron chi connectivity index (χ0n) is 12.8. The lowest BCUT2D eigenvalue weighted by atomic mass is 9.78. The van der Waals surface area contributed by atoms with Gasteiger partial charge in [0, 0.05) is 24.1 Å². The summed E-state index contributed by atoms with van der Waals surface area (Å²) >= 11 is 0. The Balaban J connectivity index is 0.00000182. The molecular formula is C17H15BrF3NO3. The highest BCUT2D eigenvalue weighted by Gasteiger charge is 2.39. The summed E-state index contributed by atoms with van der Waals surface area (Å²) in [7, 11) is 0. The van der Waals surface area contributed by atoms with E-state index in [1.165, 1.54) is 24.3 Å². The molecule has 2 aromatic rings. The topological polar surface area (TPSA) is 61.7 Å². The van der Waals surface area contributed by atoms with Gasteiger partial charge in [0.1, 0.15) is 12.4 Å². The number of hydrogen-bond acceptors (Lipinski definition) is 4. The Morgan fingerprint density at radius 1 is 1.04 bits per heavy atom. The third kappa shape index (κ3) is 2.93. The van der Waals surface area contributed by atoms with Crippen molar-refractivity contribution in [3.05, 3.63) is 52.6 Å². The molecule has 2 unspecified atom stereocenters. The Morgan fingerprint density at radius 3 is 2.48 bits per heavy atom. The Hall–Kier alpha value is -1.93. The first-order valence-electron chi connectivity index (χ1n) is 7.46. The molecule has 2 atom stereocenters. The maximum atomic E-state index is 13.1. The van der Waals surface area contributed by atoms with Crippen LogP contribution in [0.25, 0.3) is 0 Å². The number of benzene rings is 2. The van der Waals surface area contributed by atoms with E-state index in [0.29, 0.717) is 23.4 Å². The molecule has 0 aliphatic carbocycles. The van der Waals surface area contributed by atoms with Crippen LogP contribution in [0.1, 0.15) is 28.2 Å². The molecule has 134 valence electrons. The number of phenolic OH excluding ortho intramolecular Hbond substituents is 2. The third-order valence-electron chi connectivity index (χ3n) is 4.63. The summed E-state index contributed by atoms with van der Waals surface area (Å²) in [5.41, 5.74) is 1.22. The fourth-order valence-corrected chi connectivity index (χ4v) is 3.46. The summed E-state index contributed by atoms with van der Waals surface area (Å²) in [6.07, 6.45) is -4.42. The number of fused-ring (bicyclic) bond motifs is 5. The molecule has 3 N–H and O–H groups in total. The number of phenols is 2. The summed E-state index contributed by atoms with van der Waals surface area (Å²) in [6.45, 7) is 0.731. The second-order valence-electron chi connectivity index (χ2n) is 6.07. The maximum Gasteiger partial charge on any atom is 0.416 e. The van der Waals surface area contributed by atoms with E-state index in [-0.39, 0.29) is 47.0 Å². The number of aromatic hydroxyl groups is 2. The van der Waals surface area contributed by atoms with Gasteiger partial charge in [-0.3, -0.25) is 0 Å². The van der Waals surface area contributed by atoms with E-state index >= 15 is 0 Å². The van der Waals surface area contributed by atoms with Gasteiger partial charge in [0.15, 0.2) is 11.5 Å². The fraction of sp³-hybridized carbons (Fsp3) is 0.294. The molecule has 2 aromatic carbocycles. The molecule has 4 nitrogen and oxygen atoms in total. The number of nitrogens with one attached hydrogen (secondary N) is 1. The normalized spacial score (nSPS) is 21.2. The van der Waals surface area contributed by atoms with Crippen molar-refractivity contribution in [3.8, 4) is 17.2 Å². The summed E-state index contributed by atoms with van der Waals surface area (Å²) in [4.78, 5) is 0. The largest absolute Gasteiger partial charge is 0.504 e. The number of rotatable bonds is 0. The van der Waals surface area contributed by atoms with Crippen molar-refractivity contribution in [2.24, 2.45) is 0 Å². The molecule has 0 spiro atoms. The van der Waals surface area contributed by atoms with Crippen molar-refractivity contribution in [3.63, 3.8) is 0 Å². The van der Waals surface area contributed by atoms with Crippen LogP contribution >= 0.6 is 17.0 Å². The lowest BCUT2D eigenvalue weighted by Crippen LogP contribution is -2.46. The molecular weight excluding hydrogens is 403 g/mol. The maximum absolute atomic E-state index is 13.1. The molecule has 0 saturated carbocycles. The Labute approximate surface area is 152 Å². The van der Waals surface area contributed by atoms with Crippen molar-refractivity contribution in [1.29, 1.82) is 0 Å². The van der Waals surface area contributed by atoms with Crippen LogP contribution in [0.5, 0.6) is 17.2 Å². The molecule has 0 bridgehead atoms. The first kappa shape index (κ1) is 17.9. The van der Waals surface area contributed by atoms with Crippen molar-refractivity contribution in [1.82, 2.24) is 5.32 Å². The quantitative estimate of drug-likeness (QED) is 0.572. The minimum absolute atomic E-state index is 0. The first-order valence-corrected chi connectivity index (χ1v) is 7.46. The molecule has 0 saturated heterocycles. The van der Waals surface area contributed by atoms with E-state index < -0.39 is 11.7 Å². The van der Waals surface area contributed by atoms with Crippen molar-refractivity contribution >= 4 is 17.0 Å². The zero-order valence-corrected chi connectivity index (χ0v) is 14.5. The molecule has 4 rings (SSSR count). The van der Waals surface area contributed by atoms with Gasteiger partial charge in [0.25, 0.3) is 0 Å². The number of halogens is 4. The summed E-state index contributed by atoms with van der Waals surface area (Å²) in [6, 6.07) is 6.19. The average Bonchev–Trinajstić information content (AvgIpc) is 2.54. The molecule has 0 amide bonds. The second kappa shape index (κ2) is 6.10. The van der Waals surface area contributed by atoms with Gasteiger partial charge in [0.2, 0.25) is 0 Å². The van der Waals surface area contributed by atoms with Crippen LogP contribution < -0.4 is 10.1 Å². The predicted molar refractivity (Wildman–Crippen MR) is 89.5 cm³/mol. The van der Waals surface area contributed by atoms with E-state index in [9.17, 15) is 23.4 Å². The fourth-order valence-electron chi connectivity index (χ4n) is 3.46. The minimum Gasteiger partial charge on any atom is -0.504 e. The minimum atomic E-state index is -4.42. The van der Waals surface area contributed by atoms with Crippen LogP contribution in [0.4, 0.5) is 13.2 Å². The predicted octanol–water partition coefficient (Wildman–Crippen LogP) is 3.69. The van der Waals surface area contributed by atoms with Gasteiger partial charge in [-0.05, 0) is 29.3 Å². The van der Waals surface area contributed by atoms with Crippen LogP contribution in [-0.4, -0.2) is 22.9 Å². The highest BCUT2D eigenvalue weighted by Crippen LogP contribution is 2.46.